The fourth-order valence-corrected chi connectivity index (χ4v) is 9.61. The first kappa shape index (κ1) is 45.2. The number of likely N-dealkylation sites (tertiary alicyclic amines) is 3. The molecule has 2 aromatic carbocycles. The van der Waals surface area contributed by atoms with E-state index in [1.165, 1.54) is 15.9 Å². The topological polar surface area (TPSA) is 167 Å². The van der Waals surface area contributed by atoms with Crippen LogP contribution >= 0.6 is 11.6 Å². The van der Waals surface area contributed by atoms with Gasteiger partial charge in [-0.05, 0) is 86.1 Å². The zero-order valence-corrected chi connectivity index (χ0v) is 35.5. The van der Waals surface area contributed by atoms with Crippen molar-refractivity contribution in [1.29, 1.82) is 0 Å². The number of piperidine rings is 3. The van der Waals surface area contributed by atoms with Crippen molar-refractivity contribution in [3.8, 4) is 0 Å². The summed E-state index contributed by atoms with van der Waals surface area (Å²) in [4.78, 5) is 74.9. The summed E-state index contributed by atoms with van der Waals surface area (Å²) < 4.78 is 58.3. The third-order valence-electron chi connectivity index (χ3n) is 13.0. The van der Waals surface area contributed by atoms with Crippen LogP contribution in [0.4, 0.5) is 34.1 Å². The van der Waals surface area contributed by atoms with E-state index in [0.717, 1.165) is 30.4 Å². The van der Waals surface area contributed by atoms with Gasteiger partial charge in [0.05, 0.1) is 29.5 Å². The summed E-state index contributed by atoms with van der Waals surface area (Å²) in [6.07, 6.45) is -3.10. The number of esters is 1. The molecule has 0 aromatic heterocycles. The molecule has 5 amide bonds. The largest absolute Gasteiger partial charge is 0.457 e. The Labute approximate surface area is 363 Å². The van der Waals surface area contributed by atoms with Crippen molar-refractivity contribution < 1.29 is 51.4 Å². The van der Waals surface area contributed by atoms with Gasteiger partial charge in [0.1, 0.15) is 6.61 Å². The molecule has 3 N–H and O–H groups in total. The molecule has 0 bridgehead atoms. The normalized spacial score (nSPS) is 20.5. The second kappa shape index (κ2) is 20.1. The number of ether oxygens (including phenoxy) is 3. The van der Waals surface area contributed by atoms with Crippen LogP contribution in [-0.4, -0.2) is 152 Å². The lowest BCUT2D eigenvalue weighted by Crippen LogP contribution is -2.52. The Bertz CT molecular complexity index is 1950. The van der Waals surface area contributed by atoms with E-state index in [1.54, 1.807) is 9.80 Å². The third kappa shape index (κ3) is 11.0. The van der Waals surface area contributed by atoms with E-state index in [-0.39, 0.29) is 60.6 Å². The number of nitrogens with two attached hydrogens (primary N) is 1. The summed E-state index contributed by atoms with van der Waals surface area (Å²) in [6.45, 7) is 5.97. The Morgan fingerprint density at radius 2 is 1.48 bits per heavy atom. The highest BCUT2D eigenvalue weighted by atomic mass is 35.5. The molecule has 1 atom stereocenters. The van der Waals surface area contributed by atoms with E-state index in [1.807, 2.05) is 24.3 Å². The standard InChI is InChI=1S/C43H55ClF3N7O8/c44-34-26-28(25-33(37(34)48)43(45,46)47)27-36(62-42(59)53-16-10-32(11-17-53)54-18-9-31-3-1-2-4-35(31)49-41(54)58)38(55)51-12-5-29(6-13-51)30-7-14-52(15-8-30)39(56)40(57)61-24-21-50-19-22-60-23-20-50/h1-4,25-26,29-30,32,36H,5-24,27,48H2,(H,49,58)/t36-/m1/s1. The van der Waals surface area contributed by atoms with Crippen LogP contribution < -0.4 is 11.1 Å². The Kier molecular flexibility index (Phi) is 14.7. The summed E-state index contributed by atoms with van der Waals surface area (Å²) >= 11 is 6.15. The number of nitrogen functional groups attached to an aromatic ring is 1. The summed E-state index contributed by atoms with van der Waals surface area (Å²) in [5.41, 5.74) is 5.76. The molecule has 4 saturated heterocycles. The van der Waals surface area contributed by atoms with E-state index in [9.17, 15) is 37.1 Å². The average molecular weight is 890 g/mol. The Hall–Kier alpha value is -4.81. The monoisotopic (exact) mass is 889 g/mol. The molecule has 0 spiro atoms. The molecule has 19 heteroatoms. The summed E-state index contributed by atoms with van der Waals surface area (Å²) in [5, 5.41) is 2.65. The minimum absolute atomic E-state index is 0.0340. The molecule has 2 aromatic rings. The van der Waals surface area contributed by atoms with Gasteiger partial charge in [-0.3, -0.25) is 14.5 Å². The number of para-hydroxylation sites is 1. The second-order valence-electron chi connectivity index (χ2n) is 16.7. The Morgan fingerprint density at radius 3 is 2.15 bits per heavy atom. The van der Waals surface area contributed by atoms with Crippen LogP contribution in [0.25, 0.3) is 0 Å². The van der Waals surface area contributed by atoms with Crippen molar-refractivity contribution >= 4 is 52.9 Å². The van der Waals surface area contributed by atoms with Crippen LogP contribution in [0.5, 0.6) is 0 Å². The maximum Gasteiger partial charge on any atom is 0.418 e. The van der Waals surface area contributed by atoms with Crippen molar-refractivity contribution in [2.24, 2.45) is 11.8 Å². The van der Waals surface area contributed by atoms with E-state index in [2.05, 4.69) is 10.2 Å². The molecule has 7 rings (SSSR count). The molecule has 4 fully saturated rings. The minimum atomic E-state index is -4.81. The molecule has 0 unspecified atom stereocenters. The van der Waals surface area contributed by atoms with Gasteiger partial charge in [0, 0.05) is 83.6 Å². The number of nitrogens with zero attached hydrogens (tertiary/aromatic N) is 5. The van der Waals surface area contributed by atoms with Crippen LogP contribution in [0.1, 0.15) is 55.2 Å². The van der Waals surface area contributed by atoms with Gasteiger partial charge in [0.15, 0.2) is 6.10 Å². The number of benzene rings is 2. The zero-order valence-electron chi connectivity index (χ0n) is 34.7. The summed E-state index contributed by atoms with van der Waals surface area (Å²) in [7, 11) is 0. The third-order valence-corrected chi connectivity index (χ3v) is 13.3. The van der Waals surface area contributed by atoms with Gasteiger partial charge in [0.25, 0.3) is 5.91 Å². The number of morpholine rings is 1. The number of fused-ring (bicyclic) bond motifs is 1. The SMILES string of the molecule is Nc1c(Cl)cc(C[C@@H](OC(=O)N2CCC(N3CCc4ccccc4NC3=O)CC2)C(=O)N2CCC(C3CCN(C(=O)C(=O)OCCN4CCOCC4)CC3)CC2)cc1C(F)(F)F. The molecule has 0 aliphatic carbocycles. The van der Waals surface area contributed by atoms with Gasteiger partial charge in [-0.2, -0.15) is 13.2 Å². The number of hydrogen-bond donors (Lipinski definition) is 2. The lowest BCUT2D eigenvalue weighted by atomic mass is 9.78. The Balaban J connectivity index is 0.934. The van der Waals surface area contributed by atoms with Gasteiger partial charge in [-0.25, -0.2) is 14.4 Å². The van der Waals surface area contributed by atoms with Crippen molar-refractivity contribution in [1.82, 2.24) is 24.5 Å². The van der Waals surface area contributed by atoms with E-state index in [0.29, 0.717) is 97.4 Å². The number of rotatable bonds is 9. The van der Waals surface area contributed by atoms with Crippen molar-refractivity contribution in [3.05, 3.63) is 58.1 Å². The molecule has 0 saturated carbocycles. The molecule has 5 aliphatic rings. The highest BCUT2D eigenvalue weighted by molar-refractivity contribution is 6.33. The maximum absolute atomic E-state index is 14.2. The fraction of sp³-hybridized carbons (Fsp3) is 0.605. The highest BCUT2D eigenvalue weighted by Gasteiger charge is 2.39. The highest BCUT2D eigenvalue weighted by Crippen LogP contribution is 2.39. The van der Waals surface area contributed by atoms with Crippen molar-refractivity contribution in [2.45, 2.75) is 69.7 Å². The van der Waals surface area contributed by atoms with Gasteiger partial charge in [-0.15, -0.1) is 0 Å². The van der Waals surface area contributed by atoms with Gasteiger partial charge < -0.3 is 44.9 Å². The smallest absolute Gasteiger partial charge is 0.418 e. The number of alkyl halides is 3. The molecular weight excluding hydrogens is 835 g/mol. The maximum atomic E-state index is 14.2. The number of anilines is 2. The second-order valence-corrected chi connectivity index (χ2v) is 17.2. The summed E-state index contributed by atoms with van der Waals surface area (Å²) in [6, 6.07) is 9.38. The van der Waals surface area contributed by atoms with Gasteiger partial charge in [-0.1, -0.05) is 29.8 Å². The first-order chi connectivity index (χ1) is 29.7. The number of carbonyl (C=O) groups excluding carboxylic acids is 5. The Morgan fingerprint density at radius 1 is 0.855 bits per heavy atom. The number of carbonyl (C=O) groups is 5. The zero-order chi connectivity index (χ0) is 44.0. The quantitative estimate of drug-likeness (QED) is 0.201. The molecule has 5 aliphatic heterocycles. The number of hydrogen-bond acceptors (Lipinski definition) is 10. The van der Waals surface area contributed by atoms with Crippen molar-refractivity contribution in [3.63, 3.8) is 0 Å². The number of halogens is 4. The number of urea groups is 1. The first-order valence-electron chi connectivity index (χ1n) is 21.6. The predicted molar refractivity (Wildman–Crippen MR) is 222 cm³/mol. The number of amides is 5. The lowest BCUT2D eigenvalue weighted by molar-refractivity contribution is -0.161. The van der Waals surface area contributed by atoms with Gasteiger partial charge in [0.2, 0.25) is 0 Å². The van der Waals surface area contributed by atoms with Crippen molar-refractivity contribution in [2.75, 3.05) is 96.3 Å². The van der Waals surface area contributed by atoms with E-state index >= 15 is 0 Å². The molecule has 5 heterocycles. The van der Waals surface area contributed by atoms with Gasteiger partial charge >= 0.3 is 30.2 Å². The fourth-order valence-electron chi connectivity index (χ4n) is 9.37. The predicted octanol–water partition coefficient (Wildman–Crippen LogP) is 4.90. The lowest BCUT2D eigenvalue weighted by Gasteiger charge is -2.41. The van der Waals surface area contributed by atoms with Crippen LogP contribution in [0, 0.1) is 11.8 Å². The van der Waals surface area contributed by atoms with E-state index < -0.39 is 47.4 Å². The molecule has 0 radical (unpaired) electrons. The van der Waals surface area contributed by atoms with E-state index in [4.69, 9.17) is 31.5 Å². The van der Waals surface area contributed by atoms with Crippen LogP contribution in [0.3, 0.4) is 0 Å². The van der Waals surface area contributed by atoms with Crippen LogP contribution in [-0.2, 0) is 47.6 Å². The molecule has 15 nitrogen and oxygen atoms in total. The first-order valence-corrected chi connectivity index (χ1v) is 21.9. The van der Waals surface area contributed by atoms with Crippen LogP contribution in [0.2, 0.25) is 5.02 Å². The molecule has 62 heavy (non-hydrogen) atoms. The minimum Gasteiger partial charge on any atom is -0.457 e. The summed E-state index contributed by atoms with van der Waals surface area (Å²) in [5.74, 6) is -1.52. The molecule has 338 valence electrons. The average Bonchev–Trinajstić information content (AvgIpc) is 3.44. The molecular formula is C43H55ClF3N7O8. The van der Waals surface area contributed by atoms with Crippen LogP contribution in [0.15, 0.2) is 36.4 Å². The number of nitrogens with one attached hydrogen (secondary N) is 1.